The first kappa shape index (κ1) is 22.9. The monoisotopic (exact) mass is 439 g/mol. The Labute approximate surface area is 185 Å². The number of nitrogens with zero attached hydrogens (tertiary/aromatic N) is 3. The van der Waals surface area contributed by atoms with Gasteiger partial charge in [-0.15, -0.1) is 12.3 Å². The van der Waals surface area contributed by atoms with Gasteiger partial charge >= 0.3 is 0 Å². The van der Waals surface area contributed by atoms with Gasteiger partial charge in [-0.25, -0.2) is 8.42 Å². The van der Waals surface area contributed by atoms with Crippen LogP contribution in [0.5, 0.6) is 0 Å². The molecule has 3 rings (SSSR count). The maximum atomic E-state index is 13.3. The molecule has 0 atom stereocenters. The van der Waals surface area contributed by atoms with E-state index in [-0.39, 0.29) is 23.8 Å². The summed E-state index contributed by atoms with van der Waals surface area (Å²) in [4.78, 5) is 17.1. The summed E-state index contributed by atoms with van der Waals surface area (Å²) in [5.74, 6) is 2.61. The zero-order valence-corrected chi connectivity index (χ0v) is 18.7. The molecule has 0 aliphatic carbocycles. The van der Waals surface area contributed by atoms with Crippen LogP contribution in [0.15, 0.2) is 59.5 Å². The molecule has 1 aliphatic rings. The fourth-order valence-corrected chi connectivity index (χ4v) is 5.10. The highest BCUT2D eigenvalue weighted by molar-refractivity contribution is 7.92. The summed E-state index contributed by atoms with van der Waals surface area (Å²) < 4.78 is 28.0. The highest BCUT2D eigenvalue weighted by Crippen LogP contribution is 2.24. The van der Waals surface area contributed by atoms with Crippen LogP contribution >= 0.6 is 0 Å². The summed E-state index contributed by atoms with van der Waals surface area (Å²) in [5.41, 5.74) is 1.60. The Kier molecular flexibility index (Phi) is 7.72. The number of anilines is 1. The Morgan fingerprint density at radius 2 is 1.68 bits per heavy atom. The number of hydrogen-bond acceptors (Lipinski definition) is 4. The van der Waals surface area contributed by atoms with E-state index < -0.39 is 10.0 Å². The molecule has 0 radical (unpaired) electrons. The van der Waals surface area contributed by atoms with E-state index in [0.717, 1.165) is 25.2 Å². The van der Waals surface area contributed by atoms with Gasteiger partial charge in [-0.3, -0.25) is 14.0 Å². The number of rotatable bonds is 8. The Hall–Kier alpha value is -2.82. The van der Waals surface area contributed by atoms with Crippen molar-refractivity contribution in [2.45, 2.75) is 24.7 Å². The highest BCUT2D eigenvalue weighted by Gasteiger charge is 2.27. The lowest BCUT2D eigenvalue weighted by Gasteiger charge is -2.35. The van der Waals surface area contributed by atoms with Crippen molar-refractivity contribution in [2.75, 3.05) is 43.6 Å². The van der Waals surface area contributed by atoms with Crippen molar-refractivity contribution in [1.29, 1.82) is 0 Å². The average molecular weight is 440 g/mol. The van der Waals surface area contributed by atoms with Crippen molar-refractivity contribution in [3.05, 3.63) is 60.2 Å². The van der Waals surface area contributed by atoms with Gasteiger partial charge < -0.3 is 4.90 Å². The van der Waals surface area contributed by atoms with Crippen LogP contribution in [0.4, 0.5) is 5.69 Å². The molecule has 1 saturated heterocycles. The van der Waals surface area contributed by atoms with Crippen LogP contribution in [-0.4, -0.2) is 63.4 Å². The smallest absolute Gasteiger partial charge is 0.264 e. The molecule has 6 nitrogen and oxygen atoms in total. The first-order chi connectivity index (χ1) is 14.9. The number of amides is 1. The summed E-state index contributed by atoms with van der Waals surface area (Å²) >= 11 is 0. The molecule has 164 valence electrons. The number of hydrogen-bond donors (Lipinski definition) is 0. The third-order valence-electron chi connectivity index (χ3n) is 5.48. The van der Waals surface area contributed by atoms with Crippen molar-refractivity contribution in [3.8, 4) is 12.3 Å². The number of sulfonamides is 1. The minimum absolute atomic E-state index is 0.0306. The maximum absolute atomic E-state index is 13.3. The van der Waals surface area contributed by atoms with Crippen molar-refractivity contribution in [2.24, 2.45) is 0 Å². The SMILES string of the molecule is C#CCCN1CCN(C(=O)CCN(c2ccc(C)cc2)S(=O)(=O)c2ccccc2)CC1. The lowest BCUT2D eigenvalue weighted by molar-refractivity contribution is -0.132. The maximum Gasteiger partial charge on any atom is 0.264 e. The molecule has 1 fully saturated rings. The highest BCUT2D eigenvalue weighted by atomic mass is 32.2. The van der Waals surface area contributed by atoms with Gasteiger partial charge in [0.1, 0.15) is 0 Å². The second kappa shape index (κ2) is 10.5. The molecule has 0 saturated carbocycles. The second-order valence-corrected chi connectivity index (χ2v) is 9.51. The summed E-state index contributed by atoms with van der Waals surface area (Å²) in [5, 5.41) is 0. The zero-order valence-electron chi connectivity index (χ0n) is 17.9. The molecule has 0 unspecified atom stereocenters. The van der Waals surface area contributed by atoms with E-state index in [1.54, 1.807) is 42.5 Å². The number of aryl methyl sites for hydroxylation is 1. The summed E-state index contributed by atoms with van der Waals surface area (Å²) in [6.45, 7) is 5.74. The zero-order chi connectivity index (χ0) is 22.3. The van der Waals surface area contributed by atoms with Gasteiger partial charge in [0.05, 0.1) is 10.6 Å². The van der Waals surface area contributed by atoms with E-state index in [0.29, 0.717) is 25.2 Å². The molecule has 0 bridgehead atoms. The first-order valence-electron chi connectivity index (χ1n) is 10.5. The van der Waals surface area contributed by atoms with Crippen LogP contribution in [0.25, 0.3) is 0 Å². The molecule has 1 aliphatic heterocycles. The lowest BCUT2D eigenvalue weighted by atomic mass is 10.2. The fourth-order valence-electron chi connectivity index (χ4n) is 3.62. The minimum Gasteiger partial charge on any atom is -0.340 e. The molecule has 0 aromatic heterocycles. The molecule has 1 amide bonds. The molecular formula is C24H29N3O3S. The van der Waals surface area contributed by atoms with Gasteiger partial charge in [0.2, 0.25) is 5.91 Å². The van der Waals surface area contributed by atoms with Crippen molar-refractivity contribution >= 4 is 21.6 Å². The largest absolute Gasteiger partial charge is 0.340 e. The Bertz CT molecular complexity index is 1010. The van der Waals surface area contributed by atoms with Crippen molar-refractivity contribution < 1.29 is 13.2 Å². The molecule has 2 aromatic carbocycles. The predicted octanol–water partition coefficient (Wildman–Crippen LogP) is 2.75. The predicted molar refractivity (Wildman–Crippen MR) is 123 cm³/mol. The van der Waals surface area contributed by atoms with Gasteiger partial charge in [0.25, 0.3) is 10.0 Å². The van der Waals surface area contributed by atoms with Crippen LogP contribution in [0.2, 0.25) is 0 Å². The molecule has 31 heavy (non-hydrogen) atoms. The summed E-state index contributed by atoms with van der Waals surface area (Å²) in [6, 6.07) is 15.6. The van der Waals surface area contributed by atoms with E-state index in [2.05, 4.69) is 10.8 Å². The number of terminal acetylenes is 1. The van der Waals surface area contributed by atoms with Crippen molar-refractivity contribution in [1.82, 2.24) is 9.80 Å². The molecule has 7 heteroatoms. The van der Waals surface area contributed by atoms with Gasteiger partial charge in [-0.1, -0.05) is 35.9 Å². The Morgan fingerprint density at radius 3 is 2.29 bits per heavy atom. The summed E-state index contributed by atoms with van der Waals surface area (Å²) in [7, 11) is -3.78. The van der Waals surface area contributed by atoms with Crippen LogP contribution in [0, 0.1) is 19.3 Å². The van der Waals surface area contributed by atoms with Crippen LogP contribution < -0.4 is 4.31 Å². The van der Waals surface area contributed by atoms with E-state index >= 15 is 0 Å². The van der Waals surface area contributed by atoms with Gasteiger partial charge in [0.15, 0.2) is 0 Å². The molecule has 1 heterocycles. The fraction of sp³-hybridized carbons (Fsp3) is 0.375. The molecule has 0 spiro atoms. The van der Waals surface area contributed by atoms with E-state index in [1.807, 2.05) is 24.0 Å². The molecule has 0 N–H and O–H groups in total. The van der Waals surface area contributed by atoms with E-state index in [4.69, 9.17) is 6.42 Å². The summed E-state index contributed by atoms with van der Waals surface area (Å²) in [6.07, 6.45) is 6.16. The lowest BCUT2D eigenvalue weighted by Crippen LogP contribution is -2.49. The van der Waals surface area contributed by atoms with Crippen LogP contribution in [0.3, 0.4) is 0 Å². The molecular weight excluding hydrogens is 410 g/mol. The number of carbonyl (C=O) groups excluding carboxylic acids is 1. The van der Waals surface area contributed by atoms with E-state index in [9.17, 15) is 13.2 Å². The van der Waals surface area contributed by atoms with Crippen LogP contribution in [0.1, 0.15) is 18.4 Å². The standard InChI is InChI=1S/C24H29N3O3S/c1-3-4-15-25-17-19-26(20-18-25)24(28)14-16-27(22-12-10-21(2)11-13-22)31(29,30)23-8-6-5-7-9-23/h1,5-13H,4,14-20H2,2H3. The van der Waals surface area contributed by atoms with Gasteiger partial charge in [-0.2, -0.15) is 0 Å². The van der Waals surface area contributed by atoms with Crippen molar-refractivity contribution in [3.63, 3.8) is 0 Å². The van der Waals surface area contributed by atoms with E-state index in [1.165, 1.54) is 4.31 Å². The quantitative estimate of drug-likeness (QED) is 0.594. The second-order valence-electron chi connectivity index (χ2n) is 7.65. The number of piperazine rings is 1. The first-order valence-corrected chi connectivity index (χ1v) is 11.9. The Balaban J connectivity index is 1.71. The average Bonchev–Trinajstić information content (AvgIpc) is 2.79. The topological polar surface area (TPSA) is 60.9 Å². The van der Waals surface area contributed by atoms with Crippen LogP contribution in [-0.2, 0) is 14.8 Å². The number of benzene rings is 2. The normalized spacial score (nSPS) is 14.8. The molecule has 2 aromatic rings. The van der Waals surface area contributed by atoms with Gasteiger partial charge in [-0.05, 0) is 31.2 Å². The third-order valence-corrected chi connectivity index (χ3v) is 7.32. The Morgan fingerprint density at radius 1 is 1.03 bits per heavy atom. The number of carbonyl (C=O) groups is 1. The third kappa shape index (κ3) is 5.87. The minimum atomic E-state index is -3.78. The van der Waals surface area contributed by atoms with Gasteiger partial charge in [0, 0.05) is 52.1 Å².